The molecule has 0 aliphatic rings. The molecule has 1 aromatic heterocycles. The lowest BCUT2D eigenvalue weighted by molar-refractivity contribution is 0.0923. The Kier molecular flexibility index (Phi) is 2.82. The first-order valence-corrected chi connectivity index (χ1v) is 4.96. The quantitative estimate of drug-likeness (QED) is 0.737. The second kappa shape index (κ2) is 4.27. The van der Waals surface area contributed by atoms with E-state index in [1.807, 2.05) is 30.3 Å². The topological polar surface area (TPSA) is 32.0 Å². The Labute approximate surface area is 92.7 Å². The molecule has 2 aromatic rings. The molecular formula is C10H11N3OS. The van der Waals surface area contributed by atoms with Gasteiger partial charge in [0.2, 0.25) is 4.77 Å². The fraction of sp³-hybridized carbons (Fsp3) is 0.200. The summed E-state index contributed by atoms with van der Waals surface area (Å²) in [6.45, 7) is 0.487. The van der Waals surface area contributed by atoms with Crippen molar-refractivity contribution >= 4 is 12.2 Å². The molecule has 0 radical (unpaired) electrons. The zero-order valence-corrected chi connectivity index (χ0v) is 9.15. The summed E-state index contributed by atoms with van der Waals surface area (Å²) in [5.41, 5.74) is 1.10. The van der Waals surface area contributed by atoms with E-state index in [0.29, 0.717) is 11.4 Å². The van der Waals surface area contributed by atoms with Gasteiger partial charge in [-0.25, -0.2) is 4.68 Å². The van der Waals surface area contributed by atoms with Gasteiger partial charge in [-0.05, 0) is 17.8 Å². The lowest BCUT2D eigenvalue weighted by atomic mass is 10.2. The van der Waals surface area contributed by atoms with Crippen LogP contribution in [0, 0.1) is 4.77 Å². The van der Waals surface area contributed by atoms with Gasteiger partial charge in [-0.1, -0.05) is 30.3 Å². The zero-order valence-electron chi connectivity index (χ0n) is 8.33. The third kappa shape index (κ3) is 2.24. The van der Waals surface area contributed by atoms with Crippen molar-refractivity contribution in [3.63, 3.8) is 0 Å². The van der Waals surface area contributed by atoms with Crippen molar-refractivity contribution in [3.8, 4) is 0 Å². The van der Waals surface area contributed by atoms with E-state index in [1.54, 1.807) is 18.1 Å². The first-order chi connectivity index (χ1) is 7.27. The van der Waals surface area contributed by atoms with Crippen LogP contribution < -0.4 is 4.84 Å². The molecule has 0 spiro atoms. The highest BCUT2D eigenvalue weighted by Crippen LogP contribution is 1.99. The van der Waals surface area contributed by atoms with Crippen LogP contribution in [0.1, 0.15) is 5.56 Å². The molecule has 0 N–H and O–H groups in total. The van der Waals surface area contributed by atoms with E-state index in [9.17, 15) is 0 Å². The Hall–Kier alpha value is -1.62. The summed E-state index contributed by atoms with van der Waals surface area (Å²) >= 11 is 5.08. The van der Waals surface area contributed by atoms with Crippen molar-refractivity contribution in [1.29, 1.82) is 0 Å². The molecular weight excluding hydrogens is 210 g/mol. The molecule has 4 nitrogen and oxygen atoms in total. The van der Waals surface area contributed by atoms with E-state index in [0.717, 1.165) is 5.56 Å². The number of hydrogen-bond acceptors (Lipinski definition) is 3. The van der Waals surface area contributed by atoms with Gasteiger partial charge in [-0.3, -0.25) is 0 Å². The van der Waals surface area contributed by atoms with Crippen LogP contribution in [-0.4, -0.2) is 14.5 Å². The standard InChI is InChI=1S/C10H11N3OS/c1-12-10(15)13(8-11-12)14-7-9-5-3-2-4-6-9/h2-6,8H,7H2,1H3. The van der Waals surface area contributed by atoms with E-state index in [1.165, 1.54) is 4.73 Å². The summed E-state index contributed by atoms with van der Waals surface area (Å²) in [5, 5.41) is 3.98. The third-order valence-electron chi connectivity index (χ3n) is 2.01. The molecule has 0 aliphatic heterocycles. The Bertz CT molecular complexity index is 489. The van der Waals surface area contributed by atoms with Gasteiger partial charge in [0.05, 0.1) is 0 Å². The minimum absolute atomic E-state index is 0.487. The fourth-order valence-electron chi connectivity index (χ4n) is 1.17. The van der Waals surface area contributed by atoms with Gasteiger partial charge in [0.15, 0.2) is 6.33 Å². The molecule has 0 bridgehead atoms. The molecule has 0 saturated heterocycles. The first-order valence-electron chi connectivity index (χ1n) is 4.55. The van der Waals surface area contributed by atoms with Crippen molar-refractivity contribution in [2.24, 2.45) is 7.05 Å². The number of aryl methyl sites for hydroxylation is 1. The molecule has 0 fully saturated rings. The summed E-state index contributed by atoms with van der Waals surface area (Å²) in [6.07, 6.45) is 1.56. The molecule has 1 aromatic carbocycles. The number of rotatable bonds is 3. The Morgan fingerprint density at radius 1 is 1.33 bits per heavy atom. The number of benzene rings is 1. The van der Waals surface area contributed by atoms with Crippen molar-refractivity contribution < 1.29 is 4.84 Å². The summed E-state index contributed by atoms with van der Waals surface area (Å²) in [4.78, 5) is 5.47. The highest BCUT2D eigenvalue weighted by Gasteiger charge is 1.98. The second-order valence-electron chi connectivity index (χ2n) is 3.12. The molecule has 5 heteroatoms. The average Bonchev–Trinajstić information content (AvgIpc) is 2.59. The van der Waals surface area contributed by atoms with Crippen LogP contribution in [0.3, 0.4) is 0 Å². The van der Waals surface area contributed by atoms with Crippen LogP contribution in [0.4, 0.5) is 0 Å². The van der Waals surface area contributed by atoms with Crippen molar-refractivity contribution in [2.45, 2.75) is 6.61 Å². The van der Waals surface area contributed by atoms with Gasteiger partial charge in [-0.2, -0.15) is 5.10 Å². The van der Waals surface area contributed by atoms with Gasteiger partial charge in [0, 0.05) is 7.05 Å². The minimum Gasteiger partial charge on any atom is -0.405 e. The zero-order chi connectivity index (χ0) is 10.7. The van der Waals surface area contributed by atoms with Crippen LogP contribution in [0.2, 0.25) is 0 Å². The third-order valence-corrected chi connectivity index (χ3v) is 2.45. The van der Waals surface area contributed by atoms with Gasteiger partial charge in [0.25, 0.3) is 0 Å². The molecule has 15 heavy (non-hydrogen) atoms. The molecule has 1 heterocycles. The molecule has 0 unspecified atom stereocenters. The van der Waals surface area contributed by atoms with Crippen LogP contribution in [0.5, 0.6) is 0 Å². The van der Waals surface area contributed by atoms with Crippen LogP contribution in [0.15, 0.2) is 36.7 Å². The average molecular weight is 221 g/mol. The Morgan fingerprint density at radius 2 is 2.07 bits per heavy atom. The number of nitrogens with zero attached hydrogens (tertiary/aromatic N) is 3. The lowest BCUT2D eigenvalue weighted by Gasteiger charge is -2.04. The normalized spacial score (nSPS) is 10.2. The van der Waals surface area contributed by atoms with E-state index in [2.05, 4.69) is 5.10 Å². The second-order valence-corrected chi connectivity index (χ2v) is 3.49. The largest absolute Gasteiger partial charge is 0.405 e. The van der Waals surface area contributed by atoms with Gasteiger partial charge < -0.3 is 4.84 Å². The Balaban J connectivity index is 2.06. The monoisotopic (exact) mass is 221 g/mol. The SMILES string of the molecule is Cn1ncn(OCc2ccccc2)c1=S. The van der Waals surface area contributed by atoms with E-state index < -0.39 is 0 Å². The Morgan fingerprint density at radius 3 is 2.67 bits per heavy atom. The van der Waals surface area contributed by atoms with E-state index >= 15 is 0 Å². The number of aromatic nitrogens is 3. The minimum atomic E-state index is 0.487. The lowest BCUT2D eigenvalue weighted by Crippen LogP contribution is -2.10. The maximum atomic E-state index is 5.47. The maximum Gasteiger partial charge on any atom is 0.232 e. The first kappa shape index (κ1) is 9.92. The van der Waals surface area contributed by atoms with Gasteiger partial charge >= 0.3 is 0 Å². The molecule has 78 valence electrons. The fourth-order valence-corrected chi connectivity index (χ4v) is 1.32. The molecule has 0 aliphatic carbocycles. The van der Waals surface area contributed by atoms with E-state index in [-0.39, 0.29) is 0 Å². The summed E-state index contributed by atoms with van der Waals surface area (Å²) in [6, 6.07) is 9.92. The molecule has 0 atom stereocenters. The summed E-state index contributed by atoms with van der Waals surface area (Å²) in [5.74, 6) is 0. The molecule has 0 amide bonds. The highest BCUT2D eigenvalue weighted by atomic mass is 32.1. The van der Waals surface area contributed by atoms with Crippen molar-refractivity contribution in [2.75, 3.05) is 0 Å². The predicted octanol–water partition coefficient (Wildman–Crippen LogP) is 1.58. The summed E-state index contributed by atoms with van der Waals surface area (Å²) in [7, 11) is 1.78. The maximum absolute atomic E-state index is 5.47. The molecule has 2 rings (SSSR count). The summed E-state index contributed by atoms with van der Waals surface area (Å²) < 4.78 is 3.62. The highest BCUT2D eigenvalue weighted by molar-refractivity contribution is 7.71. The van der Waals surface area contributed by atoms with Gasteiger partial charge in [0.1, 0.15) is 6.61 Å². The van der Waals surface area contributed by atoms with Crippen LogP contribution in [-0.2, 0) is 13.7 Å². The van der Waals surface area contributed by atoms with Crippen LogP contribution >= 0.6 is 12.2 Å². The van der Waals surface area contributed by atoms with Crippen molar-refractivity contribution in [3.05, 3.63) is 47.0 Å². The van der Waals surface area contributed by atoms with E-state index in [4.69, 9.17) is 17.1 Å². The van der Waals surface area contributed by atoms with Crippen molar-refractivity contribution in [1.82, 2.24) is 14.5 Å². The molecule has 0 saturated carbocycles. The number of hydrogen-bond donors (Lipinski definition) is 0. The smallest absolute Gasteiger partial charge is 0.232 e. The van der Waals surface area contributed by atoms with Gasteiger partial charge in [-0.15, -0.1) is 4.73 Å². The predicted molar refractivity (Wildman–Crippen MR) is 58.8 cm³/mol. The van der Waals surface area contributed by atoms with Crippen LogP contribution in [0.25, 0.3) is 0 Å².